The molecule has 0 amide bonds. The quantitative estimate of drug-likeness (QED) is 0.883. The van der Waals surface area contributed by atoms with Crippen LogP contribution in [0, 0.1) is 0 Å². The monoisotopic (exact) mass is 372 g/mol. The molecule has 4 nitrogen and oxygen atoms in total. The van der Waals surface area contributed by atoms with Gasteiger partial charge in [-0.15, -0.1) is 12.4 Å². The van der Waals surface area contributed by atoms with E-state index in [1.807, 2.05) is 7.05 Å². The standard InChI is InChI=1S/C13H18Cl2N2O2S.ClH/c1-16-11-4-6-17(7-5-11)20(18,19)9-10-2-3-12(14)13(15)8-10;/h2-3,8,11,16H,4-7,9H2,1H3;1H. The lowest BCUT2D eigenvalue weighted by Crippen LogP contribution is -2.44. The average molecular weight is 374 g/mol. The Labute approximate surface area is 142 Å². The van der Waals surface area contributed by atoms with Gasteiger partial charge in [0.1, 0.15) is 0 Å². The summed E-state index contributed by atoms with van der Waals surface area (Å²) in [7, 11) is -1.39. The Morgan fingerprint density at radius 3 is 2.38 bits per heavy atom. The summed E-state index contributed by atoms with van der Waals surface area (Å²) in [6.45, 7) is 1.13. The van der Waals surface area contributed by atoms with Gasteiger partial charge in [-0.1, -0.05) is 29.3 Å². The first-order valence-electron chi connectivity index (χ1n) is 6.51. The lowest BCUT2D eigenvalue weighted by atomic mass is 10.1. The largest absolute Gasteiger partial charge is 0.317 e. The number of piperidine rings is 1. The summed E-state index contributed by atoms with van der Waals surface area (Å²) in [6.07, 6.45) is 1.69. The molecule has 1 saturated heterocycles. The lowest BCUT2D eigenvalue weighted by Gasteiger charge is -2.31. The van der Waals surface area contributed by atoms with Gasteiger partial charge in [-0.25, -0.2) is 12.7 Å². The van der Waals surface area contributed by atoms with Crippen LogP contribution in [0.1, 0.15) is 18.4 Å². The van der Waals surface area contributed by atoms with E-state index in [0.717, 1.165) is 12.8 Å². The first-order valence-corrected chi connectivity index (χ1v) is 8.88. The van der Waals surface area contributed by atoms with E-state index in [1.165, 1.54) is 0 Å². The van der Waals surface area contributed by atoms with Gasteiger partial charge in [-0.2, -0.15) is 0 Å². The van der Waals surface area contributed by atoms with Crippen LogP contribution in [-0.4, -0.2) is 38.9 Å². The van der Waals surface area contributed by atoms with E-state index in [9.17, 15) is 8.42 Å². The zero-order valence-electron chi connectivity index (χ0n) is 11.7. The Kier molecular flexibility index (Phi) is 7.24. The molecule has 1 aromatic carbocycles. The predicted molar refractivity (Wildman–Crippen MR) is 90.0 cm³/mol. The summed E-state index contributed by atoms with van der Waals surface area (Å²) in [5.74, 6) is -0.0336. The average Bonchev–Trinajstić information content (AvgIpc) is 2.43. The number of benzene rings is 1. The Bertz CT molecular complexity index is 573. The number of rotatable bonds is 4. The molecule has 120 valence electrons. The zero-order valence-corrected chi connectivity index (χ0v) is 14.8. The highest BCUT2D eigenvalue weighted by Crippen LogP contribution is 2.24. The van der Waals surface area contributed by atoms with Crippen molar-refractivity contribution < 1.29 is 8.42 Å². The summed E-state index contributed by atoms with van der Waals surface area (Å²) in [5, 5.41) is 4.00. The van der Waals surface area contributed by atoms with Crippen LogP contribution in [0.2, 0.25) is 10.0 Å². The normalized spacial score (nSPS) is 17.5. The lowest BCUT2D eigenvalue weighted by molar-refractivity contribution is 0.298. The highest BCUT2D eigenvalue weighted by atomic mass is 35.5. The molecule has 0 spiro atoms. The van der Waals surface area contributed by atoms with Crippen molar-refractivity contribution >= 4 is 45.6 Å². The molecule has 1 fully saturated rings. The molecule has 8 heteroatoms. The Morgan fingerprint density at radius 1 is 1.24 bits per heavy atom. The van der Waals surface area contributed by atoms with Crippen LogP contribution in [0.15, 0.2) is 18.2 Å². The molecule has 21 heavy (non-hydrogen) atoms. The number of nitrogens with zero attached hydrogens (tertiary/aromatic N) is 1. The maximum atomic E-state index is 12.4. The second-order valence-corrected chi connectivity index (χ2v) is 7.75. The molecular weight excluding hydrogens is 355 g/mol. The fourth-order valence-electron chi connectivity index (χ4n) is 2.35. The van der Waals surface area contributed by atoms with E-state index < -0.39 is 10.0 Å². The van der Waals surface area contributed by atoms with Crippen molar-refractivity contribution in [2.24, 2.45) is 0 Å². The molecule has 0 radical (unpaired) electrons. The number of nitrogens with one attached hydrogen (secondary N) is 1. The van der Waals surface area contributed by atoms with Crippen molar-refractivity contribution in [3.63, 3.8) is 0 Å². The van der Waals surface area contributed by atoms with E-state index in [1.54, 1.807) is 22.5 Å². The van der Waals surface area contributed by atoms with Crippen molar-refractivity contribution in [1.29, 1.82) is 0 Å². The minimum Gasteiger partial charge on any atom is -0.317 e. The molecule has 0 aliphatic carbocycles. The fourth-order valence-corrected chi connectivity index (χ4v) is 4.23. The molecular formula is C13H19Cl3N2O2S. The van der Waals surface area contributed by atoms with E-state index in [4.69, 9.17) is 23.2 Å². The molecule has 1 aliphatic heterocycles. The van der Waals surface area contributed by atoms with Gasteiger partial charge < -0.3 is 5.32 Å². The number of hydrogen-bond donors (Lipinski definition) is 1. The van der Waals surface area contributed by atoms with Crippen LogP contribution >= 0.6 is 35.6 Å². The first kappa shape index (κ1) is 19.0. The van der Waals surface area contributed by atoms with Gasteiger partial charge in [0.25, 0.3) is 0 Å². The van der Waals surface area contributed by atoms with Crippen LogP contribution < -0.4 is 5.32 Å². The van der Waals surface area contributed by atoms with Crippen LogP contribution in [-0.2, 0) is 15.8 Å². The van der Waals surface area contributed by atoms with Gasteiger partial charge in [0.2, 0.25) is 10.0 Å². The first-order chi connectivity index (χ1) is 9.42. The number of hydrogen-bond acceptors (Lipinski definition) is 3. The third-order valence-corrected chi connectivity index (χ3v) is 6.18. The smallest absolute Gasteiger partial charge is 0.218 e. The highest BCUT2D eigenvalue weighted by Gasteiger charge is 2.27. The maximum absolute atomic E-state index is 12.4. The maximum Gasteiger partial charge on any atom is 0.218 e. The molecule has 1 aliphatic rings. The molecule has 1 N–H and O–H groups in total. The minimum absolute atomic E-state index is 0. The molecule has 0 aromatic heterocycles. The molecule has 1 heterocycles. The molecule has 2 rings (SSSR count). The SMILES string of the molecule is CNC1CCN(S(=O)(=O)Cc2ccc(Cl)c(Cl)c2)CC1.Cl. The fraction of sp³-hybridized carbons (Fsp3) is 0.538. The van der Waals surface area contributed by atoms with E-state index >= 15 is 0 Å². The minimum atomic E-state index is -3.29. The summed E-state index contributed by atoms with van der Waals surface area (Å²) in [5.41, 5.74) is 0.662. The Hall–Kier alpha value is -0.0400. The molecule has 1 aromatic rings. The third-order valence-electron chi connectivity index (χ3n) is 3.59. The summed E-state index contributed by atoms with van der Waals surface area (Å²) in [6, 6.07) is 5.35. The van der Waals surface area contributed by atoms with Crippen molar-refractivity contribution in [2.45, 2.75) is 24.6 Å². The summed E-state index contributed by atoms with van der Waals surface area (Å²) >= 11 is 11.8. The van der Waals surface area contributed by atoms with Crippen molar-refractivity contribution in [3.8, 4) is 0 Å². The molecule has 0 atom stereocenters. The van der Waals surface area contributed by atoms with Crippen LogP contribution in [0.5, 0.6) is 0 Å². The van der Waals surface area contributed by atoms with Gasteiger partial charge in [-0.05, 0) is 37.6 Å². The van der Waals surface area contributed by atoms with Gasteiger partial charge in [0, 0.05) is 19.1 Å². The van der Waals surface area contributed by atoms with Crippen molar-refractivity contribution in [3.05, 3.63) is 33.8 Å². The van der Waals surface area contributed by atoms with Gasteiger partial charge in [0.15, 0.2) is 0 Å². The summed E-state index contributed by atoms with van der Waals surface area (Å²) in [4.78, 5) is 0. The highest BCUT2D eigenvalue weighted by molar-refractivity contribution is 7.88. The van der Waals surface area contributed by atoms with Crippen molar-refractivity contribution in [2.75, 3.05) is 20.1 Å². The molecule has 0 unspecified atom stereocenters. The summed E-state index contributed by atoms with van der Waals surface area (Å²) < 4.78 is 26.3. The number of sulfonamides is 1. The van der Waals surface area contributed by atoms with Crippen molar-refractivity contribution in [1.82, 2.24) is 9.62 Å². The van der Waals surface area contributed by atoms with Gasteiger partial charge >= 0.3 is 0 Å². The van der Waals surface area contributed by atoms with Gasteiger partial charge in [-0.3, -0.25) is 0 Å². The van der Waals surface area contributed by atoms with Crippen LogP contribution in [0.4, 0.5) is 0 Å². The molecule has 0 saturated carbocycles. The number of halogens is 3. The second kappa shape index (κ2) is 7.99. The van der Waals surface area contributed by atoms with Crippen LogP contribution in [0.25, 0.3) is 0 Å². The zero-order chi connectivity index (χ0) is 14.8. The Morgan fingerprint density at radius 2 is 1.86 bits per heavy atom. The second-order valence-electron chi connectivity index (χ2n) is 4.97. The third kappa shape index (κ3) is 4.98. The van der Waals surface area contributed by atoms with E-state index in [-0.39, 0.29) is 18.2 Å². The van der Waals surface area contributed by atoms with Gasteiger partial charge in [0.05, 0.1) is 15.8 Å². The molecule has 0 bridgehead atoms. The van der Waals surface area contributed by atoms with E-state index in [0.29, 0.717) is 34.7 Å². The predicted octanol–water partition coefficient (Wildman–Crippen LogP) is 2.93. The van der Waals surface area contributed by atoms with E-state index in [2.05, 4.69) is 5.32 Å². The topological polar surface area (TPSA) is 49.4 Å². The Balaban J connectivity index is 0.00000220. The van der Waals surface area contributed by atoms with Crippen LogP contribution in [0.3, 0.4) is 0 Å².